The van der Waals surface area contributed by atoms with Crippen molar-refractivity contribution in [2.75, 3.05) is 11.9 Å². The molecule has 0 bridgehead atoms. The maximum Gasteiger partial charge on any atom is 0.341 e. The van der Waals surface area contributed by atoms with Gasteiger partial charge in [-0.3, -0.25) is 9.48 Å². The number of thiophene rings is 1. The van der Waals surface area contributed by atoms with Crippen molar-refractivity contribution in [2.24, 2.45) is 0 Å². The maximum absolute atomic E-state index is 13.3. The fraction of sp³-hybridized carbons (Fsp3) is 0.400. The van der Waals surface area contributed by atoms with Gasteiger partial charge in [-0.15, -0.1) is 11.3 Å². The Bertz CT molecular complexity index is 1420. The summed E-state index contributed by atoms with van der Waals surface area (Å²) in [4.78, 5) is 31.7. The molecule has 1 amide bonds. The molecule has 182 valence electrons. The molecule has 0 aromatic carbocycles. The van der Waals surface area contributed by atoms with Crippen LogP contribution in [0.5, 0.6) is 0 Å². The molecular formula is C25H28N6O3S. The lowest BCUT2D eigenvalue weighted by molar-refractivity contribution is 0.0505. The summed E-state index contributed by atoms with van der Waals surface area (Å²) in [6.07, 6.45) is 8.10. The number of esters is 1. The molecule has 4 aromatic heterocycles. The van der Waals surface area contributed by atoms with Crippen molar-refractivity contribution in [3.05, 3.63) is 51.9 Å². The quantitative estimate of drug-likeness (QED) is 0.376. The third kappa shape index (κ3) is 4.22. The summed E-state index contributed by atoms with van der Waals surface area (Å²) in [6, 6.07) is 3.52. The molecule has 1 N–H and O–H groups in total. The standard InChI is InChI=1S/C25H28N6O3S/c1-4-12-34-25(33)22-16-8-6-7-9-20(16)35-24(22)28-23(32)18-13-21-26-11-10-19(31(21)29-18)17-14-27-30(5-2)15(17)3/h10-11,13-14H,4-9,12H2,1-3H3,(H,28,32). The average molecular weight is 493 g/mol. The number of hydrogen-bond acceptors (Lipinski definition) is 7. The zero-order valence-electron chi connectivity index (χ0n) is 20.1. The summed E-state index contributed by atoms with van der Waals surface area (Å²) in [5, 5.41) is 12.5. The summed E-state index contributed by atoms with van der Waals surface area (Å²) in [5.41, 5.74) is 5.05. The number of rotatable bonds is 7. The third-order valence-electron chi connectivity index (χ3n) is 6.31. The van der Waals surface area contributed by atoms with E-state index in [-0.39, 0.29) is 17.6 Å². The largest absolute Gasteiger partial charge is 0.462 e. The Morgan fingerprint density at radius 2 is 2.06 bits per heavy atom. The molecule has 0 radical (unpaired) electrons. The van der Waals surface area contributed by atoms with Gasteiger partial charge in [-0.2, -0.15) is 10.2 Å². The highest BCUT2D eigenvalue weighted by Crippen LogP contribution is 2.39. The van der Waals surface area contributed by atoms with Crippen molar-refractivity contribution in [1.29, 1.82) is 0 Å². The number of aryl methyl sites for hydroxylation is 2. The lowest BCUT2D eigenvalue weighted by Crippen LogP contribution is -2.16. The highest BCUT2D eigenvalue weighted by Gasteiger charge is 2.28. The Morgan fingerprint density at radius 3 is 2.83 bits per heavy atom. The number of anilines is 1. The van der Waals surface area contributed by atoms with Crippen LogP contribution in [0.2, 0.25) is 0 Å². The molecule has 0 unspecified atom stereocenters. The van der Waals surface area contributed by atoms with Gasteiger partial charge < -0.3 is 10.1 Å². The van der Waals surface area contributed by atoms with E-state index in [0.29, 0.717) is 22.8 Å². The van der Waals surface area contributed by atoms with Gasteiger partial charge in [0.15, 0.2) is 11.3 Å². The SMILES string of the molecule is CCCOC(=O)c1c(NC(=O)c2cc3nccc(-c4cnn(CC)c4C)n3n2)sc2c1CCCC2. The molecule has 5 rings (SSSR count). The van der Waals surface area contributed by atoms with Crippen LogP contribution in [-0.4, -0.2) is 42.9 Å². The molecule has 9 nitrogen and oxygen atoms in total. The molecule has 10 heteroatoms. The first-order valence-electron chi connectivity index (χ1n) is 12.0. The molecule has 4 heterocycles. The lowest BCUT2D eigenvalue weighted by atomic mass is 9.95. The number of aromatic nitrogens is 5. The van der Waals surface area contributed by atoms with Crippen molar-refractivity contribution in [1.82, 2.24) is 24.4 Å². The second-order valence-corrected chi connectivity index (χ2v) is 9.70. The van der Waals surface area contributed by atoms with E-state index in [1.807, 2.05) is 31.5 Å². The van der Waals surface area contributed by atoms with Gasteiger partial charge >= 0.3 is 5.97 Å². The van der Waals surface area contributed by atoms with Crippen LogP contribution < -0.4 is 5.32 Å². The van der Waals surface area contributed by atoms with Gasteiger partial charge in [-0.25, -0.2) is 14.3 Å². The summed E-state index contributed by atoms with van der Waals surface area (Å²) >= 11 is 1.47. The van der Waals surface area contributed by atoms with Crippen molar-refractivity contribution in [3.63, 3.8) is 0 Å². The summed E-state index contributed by atoms with van der Waals surface area (Å²) in [7, 11) is 0. The molecule has 1 aliphatic carbocycles. The Labute approximate surface area is 207 Å². The average Bonchev–Trinajstić information content (AvgIpc) is 3.56. The molecule has 0 saturated carbocycles. The summed E-state index contributed by atoms with van der Waals surface area (Å²) in [5.74, 6) is -0.755. The highest BCUT2D eigenvalue weighted by molar-refractivity contribution is 7.17. The van der Waals surface area contributed by atoms with Gasteiger partial charge in [0.2, 0.25) is 0 Å². The molecular weight excluding hydrogens is 464 g/mol. The fourth-order valence-electron chi connectivity index (χ4n) is 4.53. The van der Waals surface area contributed by atoms with Gasteiger partial charge in [-0.1, -0.05) is 6.92 Å². The van der Waals surface area contributed by atoms with E-state index in [9.17, 15) is 9.59 Å². The van der Waals surface area contributed by atoms with Gasteiger partial charge in [0.05, 0.1) is 24.1 Å². The number of carbonyl (C=O) groups excluding carboxylic acids is 2. The number of carbonyl (C=O) groups is 2. The topological polar surface area (TPSA) is 103 Å². The van der Waals surface area contributed by atoms with Crippen molar-refractivity contribution in [2.45, 2.75) is 59.4 Å². The number of nitrogens with one attached hydrogen (secondary N) is 1. The van der Waals surface area contributed by atoms with Crippen LogP contribution in [0.3, 0.4) is 0 Å². The Morgan fingerprint density at radius 1 is 1.23 bits per heavy atom. The van der Waals surface area contributed by atoms with E-state index in [4.69, 9.17) is 4.74 Å². The molecule has 35 heavy (non-hydrogen) atoms. The predicted octanol–water partition coefficient (Wildman–Crippen LogP) is 4.68. The number of hydrogen-bond donors (Lipinski definition) is 1. The molecule has 4 aromatic rings. The third-order valence-corrected chi connectivity index (χ3v) is 7.52. The van der Waals surface area contributed by atoms with E-state index < -0.39 is 0 Å². The smallest absolute Gasteiger partial charge is 0.341 e. The first-order chi connectivity index (χ1) is 17.0. The van der Waals surface area contributed by atoms with Gasteiger partial charge in [0, 0.05) is 34.9 Å². The minimum atomic E-state index is -0.384. The van der Waals surface area contributed by atoms with Crippen LogP contribution in [0.15, 0.2) is 24.5 Å². The van der Waals surface area contributed by atoms with Gasteiger partial charge in [0.1, 0.15) is 5.00 Å². The van der Waals surface area contributed by atoms with Crippen LogP contribution in [0.25, 0.3) is 16.9 Å². The van der Waals surface area contributed by atoms with E-state index in [0.717, 1.165) is 66.0 Å². The number of amides is 1. The molecule has 1 aliphatic rings. The first-order valence-corrected chi connectivity index (χ1v) is 12.8. The minimum Gasteiger partial charge on any atom is -0.462 e. The molecule has 0 atom stereocenters. The zero-order valence-corrected chi connectivity index (χ0v) is 20.9. The van der Waals surface area contributed by atoms with E-state index >= 15 is 0 Å². The molecule has 0 spiro atoms. The van der Waals surface area contributed by atoms with Crippen LogP contribution in [0, 0.1) is 6.92 Å². The highest BCUT2D eigenvalue weighted by atomic mass is 32.1. The Balaban J connectivity index is 1.48. The number of fused-ring (bicyclic) bond motifs is 2. The Kier molecular flexibility index (Phi) is 6.38. The monoisotopic (exact) mass is 492 g/mol. The predicted molar refractivity (Wildman–Crippen MR) is 134 cm³/mol. The minimum absolute atomic E-state index is 0.227. The summed E-state index contributed by atoms with van der Waals surface area (Å²) in [6.45, 7) is 7.12. The van der Waals surface area contributed by atoms with E-state index in [1.54, 1.807) is 23.0 Å². The molecule has 0 fully saturated rings. The maximum atomic E-state index is 13.3. The lowest BCUT2D eigenvalue weighted by Gasteiger charge is -2.12. The molecule has 0 saturated heterocycles. The van der Waals surface area contributed by atoms with Crippen LogP contribution in [0.1, 0.15) is 70.1 Å². The number of nitrogens with zero attached hydrogens (tertiary/aromatic N) is 5. The van der Waals surface area contributed by atoms with Crippen molar-refractivity contribution < 1.29 is 14.3 Å². The fourth-order valence-corrected chi connectivity index (χ4v) is 5.80. The van der Waals surface area contributed by atoms with Crippen LogP contribution in [-0.2, 0) is 24.1 Å². The zero-order chi connectivity index (χ0) is 24.5. The number of ether oxygens (including phenoxy) is 1. The van der Waals surface area contributed by atoms with Gasteiger partial charge in [0.25, 0.3) is 5.91 Å². The van der Waals surface area contributed by atoms with E-state index in [1.165, 1.54) is 11.3 Å². The summed E-state index contributed by atoms with van der Waals surface area (Å²) < 4.78 is 9.02. The van der Waals surface area contributed by atoms with Crippen LogP contribution in [0.4, 0.5) is 5.00 Å². The van der Waals surface area contributed by atoms with Crippen molar-refractivity contribution in [3.8, 4) is 11.3 Å². The second kappa shape index (κ2) is 9.61. The molecule has 0 aliphatic heterocycles. The normalized spacial score (nSPS) is 13.1. The van der Waals surface area contributed by atoms with Crippen molar-refractivity contribution >= 4 is 33.9 Å². The second-order valence-electron chi connectivity index (χ2n) is 8.59. The van der Waals surface area contributed by atoms with E-state index in [2.05, 4.69) is 20.5 Å². The Hall–Kier alpha value is -3.53. The first kappa shape index (κ1) is 23.2. The van der Waals surface area contributed by atoms with Crippen LogP contribution >= 0.6 is 11.3 Å². The van der Waals surface area contributed by atoms with Gasteiger partial charge in [-0.05, 0) is 57.6 Å².